The Morgan fingerprint density at radius 2 is 2.18 bits per heavy atom. The molecule has 0 bridgehead atoms. The first-order valence-corrected chi connectivity index (χ1v) is 6.96. The van der Waals surface area contributed by atoms with Gasteiger partial charge in [0, 0.05) is 18.7 Å². The van der Waals surface area contributed by atoms with E-state index in [0.717, 1.165) is 0 Å². The third kappa shape index (κ3) is 2.47. The predicted molar refractivity (Wildman–Crippen MR) is 76.6 cm³/mol. The zero-order valence-electron chi connectivity index (χ0n) is 12.0. The van der Waals surface area contributed by atoms with E-state index in [0.29, 0.717) is 24.4 Å². The Kier molecular flexibility index (Phi) is 3.66. The van der Waals surface area contributed by atoms with Crippen molar-refractivity contribution in [2.24, 2.45) is 0 Å². The lowest BCUT2D eigenvalue weighted by molar-refractivity contribution is -0.128. The highest BCUT2D eigenvalue weighted by Gasteiger charge is 2.36. The van der Waals surface area contributed by atoms with E-state index in [-0.39, 0.29) is 17.4 Å². The van der Waals surface area contributed by atoms with Gasteiger partial charge in [-0.2, -0.15) is 0 Å². The van der Waals surface area contributed by atoms with Crippen LogP contribution in [0, 0.1) is 12.7 Å². The number of hydrogen-bond donors (Lipinski definition) is 1. The smallest absolute Gasteiger partial charge is 0.258 e. The molecule has 1 aliphatic heterocycles. The van der Waals surface area contributed by atoms with E-state index in [9.17, 15) is 14.0 Å². The number of benzene rings is 1. The predicted octanol–water partition coefficient (Wildman–Crippen LogP) is 2.04. The number of furan rings is 1. The molecule has 1 saturated heterocycles. The van der Waals surface area contributed by atoms with Crippen molar-refractivity contribution >= 4 is 11.8 Å². The van der Waals surface area contributed by atoms with Gasteiger partial charge in [0.2, 0.25) is 5.91 Å². The molecule has 1 fully saturated rings. The largest absolute Gasteiger partial charge is 0.469 e. The molecular formula is C16H15FN2O3. The summed E-state index contributed by atoms with van der Waals surface area (Å²) in [5.41, 5.74) is 0.543. The van der Waals surface area contributed by atoms with Crippen LogP contribution >= 0.6 is 0 Å². The summed E-state index contributed by atoms with van der Waals surface area (Å²) < 4.78 is 19.2. The molecule has 2 heterocycles. The maximum atomic E-state index is 14.1. The van der Waals surface area contributed by atoms with Gasteiger partial charge in [0.05, 0.1) is 5.56 Å². The number of amides is 2. The standard InChI is InChI=1S/C16H15FN2O3/c1-10-8-11(9-22-10)16(21)19-7-6-18-15(20)14(19)12-4-2-3-5-13(12)17/h2-5,8-9,14H,6-7H2,1H3,(H,18,20). The van der Waals surface area contributed by atoms with Gasteiger partial charge >= 0.3 is 0 Å². The SMILES string of the molecule is Cc1cc(C(=O)N2CCNC(=O)C2c2ccccc2F)co1. The highest BCUT2D eigenvalue weighted by Crippen LogP contribution is 2.27. The molecule has 1 unspecified atom stereocenters. The number of nitrogens with zero attached hydrogens (tertiary/aromatic N) is 1. The van der Waals surface area contributed by atoms with Crippen LogP contribution in [0.15, 0.2) is 41.0 Å². The number of halogens is 1. The van der Waals surface area contributed by atoms with Crippen LogP contribution in [0.4, 0.5) is 4.39 Å². The van der Waals surface area contributed by atoms with Crippen LogP contribution in [-0.4, -0.2) is 29.8 Å². The lowest BCUT2D eigenvalue weighted by atomic mass is 10.0. The lowest BCUT2D eigenvalue weighted by Gasteiger charge is -2.35. The molecule has 5 nitrogen and oxygen atoms in total. The van der Waals surface area contributed by atoms with Crippen molar-refractivity contribution in [2.45, 2.75) is 13.0 Å². The maximum absolute atomic E-state index is 14.1. The fraction of sp³-hybridized carbons (Fsp3) is 0.250. The van der Waals surface area contributed by atoms with Gasteiger partial charge in [0.25, 0.3) is 5.91 Å². The molecule has 0 radical (unpaired) electrons. The monoisotopic (exact) mass is 302 g/mol. The van der Waals surface area contributed by atoms with Crippen LogP contribution in [0.25, 0.3) is 0 Å². The van der Waals surface area contributed by atoms with Gasteiger partial charge in [-0.1, -0.05) is 18.2 Å². The van der Waals surface area contributed by atoms with Crippen LogP contribution in [0.5, 0.6) is 0 Å². The number of aryl methyl sites for hydroxylation is 1. The molecule has 0 aliphatic carbocycles. The number of hydrogen-bond acceptors (Lipinski definition) is 3. The summed E-state index contributed by atoms with van der Waals surface area (Å²) in [6.07, 6.45) is 1.35. The van der Waals surface area contributed by atoms with E-state index in [4.69, 9.17) is 4.42 Å². The highest BCUT2D eigenvalue weighted by molar-refractivity contribution is 5.98. The van der Waals surface area contributed by atoms with Gasteiger partial charge in [-0.15, -0.1) is 0 Å². The molecule has 1 aromatic carbocycles. The van der Waals surface area contributed by atoms with E-state index in [1.54, 1.807) is 25.1 Å². The van der Waals surface area contributed by atoms with Crippen molar-refractivity contribution in [1.29, 1.82) is 0 Å². The summed E-state index contributed by atoms with van der Waals surface area (Å²) in [6, 6.07) is 6.62. The van der Waals surface area contributed by atoms with Gasteiger partial charge < -0.3 is 14.6 Å². The van der Waals surface area contributed by atoms with E-state index in [1.807, 2.05) is 0 Å². The van der Waals surface area contributed by atoms with Crippen molar-refractivity contribution in [3.8, 4) is 0 Å². The molecule has 1 aromatic heterocycles. The molecule has 2 aromatic rings. The summed E-state index contributed by atoms with van der Waals surface area (Å²) in [5.74, 6) is -0.636. The van der Waals surface area contributed by atoms with Crippen molar-refractivity contribution in [3.63, 3.8) is 0 Å². The fourth-order valence-electron chi connectivity index (χ4n) is 2.61. The fourth-order valence-corrected chi connectivity index (χ4v) is 2.61. The van der Waals surface area contributed by atoms with E-state index >= 15 is 0 Å². The Balaban J connectivity index is 1.99. The minimum Gasteiger partial charge on any atom is -0.469 e. The molecule has 0 saturated carbocycles. The quantitative estimate of drug-likeness (QED) is 0.923. The van der Waals surface area contributed by atoms with Crippen molar-refractivity contribution < 1.29 is 18.4 Å². The van der Waals surface area contributed by atoms with Gasteiger partial charge in [0.1, 0.15) is 23.9 Å². The minimum atomic E-state index is -0.974. The van der Waals surface area contributed by atoms with Crippen LogP contribution in [-0.2, 0) is 4.79 Å². The molecule has 3 rings (SSSR count). The summed E-state index contributed by atoms with van der Waals surface area (Å²) in [6.45, 7) is 2.38. The Morgan fingerprint density at radius 3 is 2.86 bits per heavy atom. The van der Waals surface area contributed by atoms with Crippen LogP contribution in [0.3, 0.4) is 0 Å². The molecule has 0 spiro atoms. The highest BCUT2D eigenvalue weighted by atomic mass is 19.1. The topological polar surface area (TPSA) is 62.6 Å². The number of piperazine rings is 1. The molecule has 2 amide bonds. The normalized spacial score (nSPS) is 18.2. The molecule has 1 aliphatic rings. The second kappa shape index (κ2) is 5.63. The molecule has 6 heteroatoms. The van der Waals surface area contributed by atoms with Gasteiger partial charge in [-0.3, -0.25) is 9.59 Å². The molecule has 1 N–H and O–H groups in total. The first-order valence-electron chi connectivity index (χ1n) is 6.96. The van der Waals surface area contributed by atoms with Crippen molar-refractivity contribution in [1.82, 2.24) is 10.2 Å². The Morgan fingerprint density at radius 1 is 1.41 bits per heavy atom. The van der Waals surface area contributed by atoms with E-state index < -0.39 is 11.9 Å². The van der Waals surface area contributed by atoms with Crippen LogP contribution in [0.2, 0.25) is 0 Å². The zero-order chi connectivity index (χ0) is 15.7. The summed E-state index contributed by atoms with van der Waals surface area (Å²) in [7, 11) is 0. The van der Waals surface area contributed by atoms with E-state index in [2.05, 4.69) is 5.32 Å². The summed E-state index contributed by atoms with van der Waals surface area (Å²) >= 11 is 0. The van der Waals surface area contributed by atoms with Crippen LogP contribution < -0.4 is 5.32 Å². The Bertz CT molecular complexity index is 726. The second-order valence-electron chi connectivity index (χ2n) is 5.16. The van der Waals surface area contributed by atoms with Crippen molar-refractivity contribution in [3.05, 3.63) is 59.3 Å². The van der Waals surface area contributed by atoms with Crippen LogP contribution in [0.1, 0.15) is 27.7 Å². The minimum absolute atomic E-state index is 0.188. The lowest BCUT2D eigenvalue weighted by Crippen LogP contribution is -2.52. The van der Waals surface area contributed by atoms with E-state index in [1.165, 1.54) is 23.3 Å². The van der Waals surface area contributed by atoms with Gasteiger partial charge in [-0.05, 0) is 19.1 Å². The zero-order valence-corrected chi connectivity index (χ0v) is 12.0. The Labute approximate surface area is 126 Å². The first-order chi connectivity index (χ1) is 10.6. The first kappa shape index (κ1) is 14.3. The number of carbonyl (C=O) groups excluding carboxylic acids is 2. The average molecular weight is 302 g/mol. The third-order valence-electron chi connectivity index (χ3n) is 3.65. The number of rotatable bonds is 2. The number of nitrogens with one attached hydrogen (secondary N) is 1. The van der Waals surface area contributed by atoms with Crippen molar-refractivity contribution in [2.75, 3.05) is 13.1 Å². The second-order valence-corrected chi connectivity index (χ2v) is 5.16. The molecule has 22 heavy (non-hydrogen) atoms. The number of carbonyl (C=O) groups is 2. The molecule has 114 valence electrons. The molecule has 1 atom stereocenters. The summed E-state index contributed by atoms with van der Waals surface area (Å²) in [4.78, 5) is 26.2. The summed E-state index contributed by atoms with van der Waals surface area (Å²) in [5, 5.41) is 2.68. The van der Waals surface area contributed by atoms with Gasteiger partial charge in [0.15, 0.2) is 0 Å². The third-order valence-corrected chi connectivity index (χ3v) is 3.65. The average Bonchev–Trinajstić information content (AvgIpc) is 2.94. The maximum Gasteiger partial charge on any atom is 0.258 e. The molecular weight excluding hydrogens is 287 g/mol. The Hall–Kier alpha value is -2.63. The van der Waals surface area contributed by atoms with Gasteiger partial charge in [-0.25, -0.2) is 4.39 Å².